The summed E-state index contributed by atoms with van der Waals surface area (Å²) in [6.45, 7) is 6.05. The molecular formula is C13H18ClN5O. The molecule has 0 aliphatic heterocycles. The first-order valence-corrected chi connectivity index (χ1v) is 6.85. The summed E-state index contributed by atoms with van der Waals surface area (Å²) in [6, 6.07) is 5.24. The third kappa shape index (κ3) is 3.68. The number of benzene rings is 1. The topological polar surface area (TPSA) is 78.8 Å². The summed E-state index contributed by atoms with van der Waals surface area (Å²) >= 11 is 6.17. The van der Waals surface area contributed by atoms with Crippen molar-refractivity contribution in [2.45, 2.75) is 20.4 Å². The van der Waals surface area contributed by atoms with Gasteiger partial charge in [-0.1, -0.05) is 25.4 Å². The highest BCUT2D eigenvalue weighted by molar-refractivity contribution is 6.33. The average Bonchev–Trinajstić information content (AvgIpc) is 2.85. The summed E-state index contributed by atoms with van der Waals surface area (Å²) in [6.07, 6.45) is 0. The van der Waals surface area contributed by atoms with E-state index < -0.39 is 0 Å². The van der Waals surface area contributed by atoms with E-state index in [0.717, 1.165) is 12.2 Å². The fraction of sp³-hybridized carbons (Fsp3) is 0.462. The first kappa shape index (κ1) is 14.7. The van der Waals surface area contributed by atoms with Crippen LogP contribution >= 0.6 is 11.6 Å². The zero-order valence-electron chi connectivity index (χ0n) is 11.6. The van der Waals surface area contributed by atoms with Gasteiger partial charge in [-0.25, -0.2) is 4.68 Å². The van der Waals surface area contributed by atoms with Crippen LogP contribution in [0.4, 0.5) is 5.69 Å². The van der Waals surface area contributed by atoms with Gasteiger partial charge in [-0.2, -0.15) is 0 Å². The molecule has 0 fully saturated rings. The summed E-state index contributed by atoms with van der Waals surface area (Å²) in [5.74, 6) is 1.10. The number of hydrogen-bond donors (Lipinski definition) is 1. The van der Waals surface area contributed by atoms with Crippen LogP contribution in [0.15, 0.2) is 18.2 Å². The van der Waals surface area contributed by atoms with Crippen LogP contribution in [0.2, 0.25) is 5.02 Å². The highest BCUT2D eigenvalue weighted by Crippen LogP contribution is 2.27. The van der Waals surface area contributed by atoms with Crippen LogP contribution in [-0.2, 0) is 11.3 Å². The fourth-order valence-electron chi connectivity index (χ4n) is 1.73. The highest BCUT2D eigenvalue weighted by atomic mass is 35.5. The van der Waals surface area contributed by atoms with Crippen molar-refractivity contribution in [2.75, 3.05) is 18.9 Å². The molecule has 20 heavy (non-hydrogen) atoms. The van der Waals surface area contributed by atoms with Crippen LogP contribution in [-0.4, -0.2) is 33.4 Å². The molecule has 2 rings (SSSR count). The number of ether oxygens (including phenoxy) is 1. The Morgan fingerprint density at radius 1 is 1.40 bits per heavy atom. The summed E-state index contributed by atoms with van der Waals surface area (Å²) in [5, 5.41) is 12.2. The zero-order valence-corrected chi connectivity index (χ0v) is 12.3. The van der Waals surface area contributed by atoms with Gasteiger partial charge in [-0.3, -0.25) is 0 Å². The Morgan fingerprint density at radius 2 is 2.20 bits per heavy atom. The molecule has 0 radical (unpaired) electrons. The third-order valence-corrected chi connectivity index (χ3v) is 2.99. The van der Waals surface area contributed by atoms with Gasteiger partial charge in [0.25, 0.3) is 0 Å². The van der Waals surface area contributed by atoms with Crippen LogP contribution in [0.25, 0.3) is 11.4 Å². The molecule has 0 saturated carbocycles. The molecule has 0 aliphatic carbocycles. The number of rotatable bonds is 6. The first-order valence-electron chi connectivity index (χ1n) is 6.47. The monoisotopic (exact) mass is 295 g/mol. The van der Waals surface area contributed by atoms with Crippen molar-refractivity contribution in [1.82, 2.24) is 20.2 Å². The normalized spacial score (nSPS) is 11.2. The molecule has 0 atom stereocenters. The Balaban J connectivity index is 2.10. The van der Waals surface area contributed by atoms with E-state index in [-0.39, 0.29) is 0 Å². The predicted octanol–water partition coefficient (Wildman–Crippen LogP) is 2.25. The molecule has 1 aromatic carbocycles. The van der Waals surface area contributed by atoms with Crippen LogP contribution in [0, 0.1) is 5.92 Å². The van der Waals surface area contributed by atoms with Gasteiger partial charge in [0.2, 0.25) is 0 Å². The quantitative estimate of drug-likeness (QED) is 0.653. The van der Waals surface area contributed by atoms with Gasteiger partial charge in [-0.15, -0.1) is 5.10 Å². The van der Waals surface area contributed by atoms with Gasteiger partial charge in [-0.05, 0) is 34.5 Å². The third-order valence-electron chi connectivity index (χ3n) is 2.66. The van der Waals surface area contributed by atoms with Crippen molar-refractivity contribution in [2.24, 2.45) is 5.92 Å². The van der Waals surface area contributed by atoms with Crippen molar-refractivity contribution in [3.63, 3.8) is 0 Å². The molecule has 1 aromatic heterocycles. The second-order valence-corrected chi connectivity index (χ2v) is 5.34. The van der Waals surface area contributed by atoms with Gasteiger partial charge in [0.15, 0.2) is 5.82 Å². The van der Waals surface area contributed by atoms with E-state index in [2.05, 4.69) is 29.4 Å². The van der Waals surface area contributed by atoms with Crippen molar-refractivity contribution in [3.05, 3.63) is 23.2 Å². The van der Waals surface area contributed by atoms with Crippen molar-refractivity contribution >= 4 is 17.3 Å². The van der Waals surface area contributed by atoms with E-state index >= 15 is 0 Å². The number of tetrazole rings is 1. The fourth-order valence-corrected chi connectivity index (χ4v) is 1.93. The largest absolute Gasteiger partial charge is 0.399 e. The second kappa shape index (κ2) is 6.67. The van der Waals surface area contributed by atoms with Crippen LogP contribution in [0.1, 0.15) is 13.8 Å². The Morgan fingerprint density at radius 3 is 2.95 bits per heavy atom. The summed E-state index contributed by atoms with van der Waals surface area (Å²) in [5.41, 5.74) is 7.12. The standard InChI is InChI=1S/C13H18ClN5O/c1-9(2)8-20-6-5-19-13(16-17-18-19)11-7-10(15)3-4-12(11)14/h3-4,7,9H,5-6,8,15H2,1-2H3. The molecule has 0 bridgehead atoms. The Bertz CT molecular complexity index is 570. The maximum Gasteiger partial charge on any atom is 0.183 e. The molecule has 6 nitrogen and oxygen atoms in total. The van der Waals surface area contributed by atoms with Gasteiger partial charge in [0.05, 0.1) is 18.2 Å². The molecule has 108 valence electrons. The number of nitrogens with two attached hydrogens (primary N) is 1. The molecule has 0 saturated heterocycles. The Labute approximate surface area is 122 Å². The Hall–Kier alpha value is -1.66. The summed E-state index contributed by atoms with van der Waals surface area (Å²) in [7, 11) is 0. The lowest BCUT2D eigenvalue weighted by atomic mass is 10.2. The molecule has 2 N–H and O–H groups in total. The molecule has 7 heteroatoms. The second-order valence-electron chi connectivity index (χ2n) is 4.93. The molecule has 0 unspecified atom stereocenters. The smallest absolute Gasteiger partial charge is 0.183 e. The lowest BCUT2D eigenvalue weighted by molar-refractivity contribution is 0.101. The van der Waals surface area contributed by atoms with E-state index in [4.69, 9.17) is 22.1 Å². The molecule has 2 aromatic rings. The van der Waals surface area contributed by atoms with Crippen LogP contribution in [0.5, 0.6) is 0 Å². The van der Waals surface area contributed by atoms with Crippen molar-refractivity contribution in [1.29, 1.82) is 0 Å². The maximum atomic E-state index is 6.17. The minimum absolute atomic E-state index is 0.506. The van der Waals surface area contributed by atoms with Crippen LogP contribution in [0.3, 0.4) is 0 Å². The van der Waals surface area contributed by atoms with Crippen LogP contribution < -0.4 is 5.73 Å². The van der Waals surface area contributed by atoms with Gasteiger partial charge in [0, 0.05) is 17.9 Å². The Kier molecular flexibility index (Phi) is 4.92. The van der Waals surface area contributed by atoms with E-state index in [0.29, 0.717) is 35.6 Å². The number of aromatic nitrogens is 4. The van der Waals surface area contributed by atoms with Gasteiger partial charge in [0.1, 0.15) is 0 Å². The average molecular weight is 296 g/mol. The lowest BCUT2D eigenvalue weighted by Crippen LogP contribution is -2.11. The summed E-state index contributed by atoms with van der Waals surface area (Å²) < 4.78 is 7.21. The number of nitrogen functional groups attached to an aromatic ring is 1. The molecule has 0 spiro atoms. The maximum absolute atomic E-state index is 6.17. The van der Waals surface area contributed by atoms with Crippen molar-refractivity contribution in [3.8, 4) is 11.4 Å². The minimum atomic E-state index is 0.506. The minimum Gasteiger partial charge on any atom is -0.399 e. The first-order chi connectivity index (χ1) is 9.58. The van der Waals surface area contributed by atoms with E-state index in [1.54, 1.807) is 22.9 Å². The SMILES string of the molecule is CC(C)COCCn1nnnc1-c1cc(N)ccc1Cl. The number of hydrogen-bond acceptors (Lipinski definition) is 5. The van der Waals surface area contributed by atoms with Gasteiger partial charge >= 0.3 is 0 Å². The van der Waals surface area contributed by atoms with E-state index in [9.17, 15) is 0 Å². The molecule has 1 heterocycles. The number of nitrogens with zero attached hydrogens (tertiary/aromatic N) is 4. The highest BCUT2D eigenvalue weighted by Gasteiger charge is 2.12. The number of anilines is 1. The van der Waals surface area contributed by atoms with E-state index in [1.165, 1.54) is 0 Å². The van der Waals surface area contributed by atoms with Crippen molar-refractivity contribution < 1.29 is 4.74 Å². The molecular weight excluding hydrogens is 278 g/mol. The van der Waals surface area contributed by atoms with Gasteiger partial charge < -0.3 is 10.5 Å². The molecule has 0 aliphatic rings. The summed E-state index contributed by atoms with van der Waals surface area (Å²) in [4.78, 5) is 0. The zero-order chi connectivity index (χ0) is 14.5. The van der Waals surface area contributed by atoms with E-state index in [1.807, 2.05) is 0 Å². The number of halogens is 1. The lowest BCUT2D eigenvalue weighted by Gasteiger charge is -2.09. The predicted molar refractivity (Wildman–Crippen MR) is 78.3 cm³/mol. The molecule has 0 amide bonds.